The molecule has 0 unspecified atom stereocenters. The smallest absolute Gasteiger partial charge is 0.269 e. The van der Waals surface area contributed by atoms with Crippen molar-refractivity contribution >= 4 is 23.4 Å². The van der Waals surface area contributed by atoms with E-state index in [9.17, 15) is 19.3 Å². The molecule has 1 aromatic heterocycles. The maximum atomic E-state index is 13.5. The number of halogens is 1. The van der Waals surface area contributed by atoms with E-state index in [-0.39, 0.29) is 18.1 Å². The number of non-ortho nitro benzene ring substituents is 1. The second-order valence-corrected chi connectivity index (χ2v) is 9.38. The molecule has 1 amide bonds. The molecule has 0 aliphatic carbocycles. The third-order valence-corrected chi connectivity index (χ3v) is 6.73. The Hall–Kier alpha value is -4.04. The molecule has 0 N–H and O–H groups in total. The summed E-state index contributed by atoms with van der Waals surface area (Å²) < 4.78 is 13.5. The number of hydrogen-bond donors (Lipinski definition) is 0. The van der Waals surface area contributed by atoms with Crippen LogP contribution in [-0.2, 0) is 13.0 Å². The molecule has 3 aromatic carbocycles. The van der Waals surface area contributed by atoms with Gasteiger partial charge >= 0.3 is 0 Å². The monoisotopic (exact) mass is 501 g/mol. The zero-order valence-corrected chi connectivity index (χ0v) is 20.5. The van der Waals surface area contributed by atoms with E-state index < -0.39 is 10.7 Å². The minimum Gasteiger partial charge on any atom is -0.334 e. The van der Waals surface area contributed by atoms with E-state index in [1.807, 2.05) is 49.4 Å². The van der Waals surface area contributed by atoms with Gasteiger partial charge in [0.05, 0.1) is 4.92 Å². The van der Waals surface area contributed by atoms with Crippen LogP contribution in [0.2, 0.25) is 0 Å². The average Bonchev–Trinajstić information content (AvgIpc) is 2.89. The molecule has 0 aliphatic rings. The first kappa shape index (κ1) is 25.1. The molecule has 1 heterocycles. The highest BCUT2D eigenvalue weighted by Crippen LogP contribution is 2.33. The highest BCUT2D eigenvalue weighted by molar-refractivity contribution is 7.99. The average molecular weight is 502 g/mol. The van der Waals surface area contributed by atoms with Gasteiger partial charge in [-0.15, -0.1) is 0 Å². The van der Waals surface area contributed by atoms with Gasteiger partial charge < -0.3 is 4.90 Å². The Bertz CT molecular complexity index is 1350. The molecule has 0 fully saturated rings. The van der Waals surface area contributed by atoms with Crippen LogP contribution in [0.4, 0.5) is 10.1 Å². The van der Waals surface area contributed by atoms with Crippen LogP contribution < -0.4 is 0 Å². The highest BCUT2D eigenvalue weighted by Gasteiger charge is 2.20. The van der Waals surface area contributed by atoms with Crippen LogP contribution >= 0.6 is 11.8 Å². The van der Waals surface area contributed by atoms with Crippen LogP contribution in [0.1, 0.15) is 27.2 Å². The summed E-state index contributed by atoms with van der Waals surface area (Å²) >= 11 is 1.49. The number of nitrogens with zero attached hydrogens (tertiary/aromatic N) is 3. The molecule has 0 radical (unpaired) electrons. The minimum absolute atomic E-state index is 0.0443. The van der Waals surface area contributed by atoms with Crippen LogP contribution in [0.15, 0.2) is 101 Å². The normalized spacial score (nSPS) is 10.7. The summed E-state index contributed by atoms with van der Waals surface area (Å²) in [6.07, 6.45) is 2.20. The number of carbonyl (C=O) groups is 1. The molecule has 8 heteroatoms. The third-order valence-electron chi connectivity index (χ3n) is 5.61. The Balaban J connectivity index is 1.67. The van der Waals surface area contributed by atoms with E-state index in [2.05, 4.69) is 4.98 Å². The predicted octanol–water partition coefficient (Wildman–Crippen LogP) is 6.47. The summed E-state index contributed by atoms with van der Waals surface area (Å²) in [6.45, 7) is 2.50. The SMILES string of the molecule is Cc1ccc(Sc2ccc([N+](=O)[O-])cc2CN(CCc2ccccn2)C(=O)c2ccc(F)cc2)cc1. The van der Waals surface area contributed by atoms with Crippen molar-refractivity contribution in [3.63, 3.8) is 0 Å². The second kappa shape index (κ2) is 11.6. The molecule has 0 atom stereocenters. The molecular formula is C28H24FN3O3S. The molecular weight excluding hydrogens is 477 g/mol. The Morgan fingerprint density at radius 3 is 2.44 bits per heavy atom. The second-order valence-electron chi connectivity index (χ2n) is 8.27. The zero-order chi connectivity index (χ0) is 25.5. The van der Waals surface area contributed by atoms with Gasteiger partial charge in [-0.25, -0.2) is 4.39 Å². The number of pyridine rings is 1. The van der Waals surface area contributed by atoms with Gasteiger partial charge in [0.25, 0.3) is 11.6 Å². The summed E-state index contributed by atoms with van der Waals surface area (Å²) in [6, 6.07) is 23.7. The van der Waals surface area contributed by atoms with Crippen molar-refractivity contribution in [3.8, 4) is 0 Å². The highest BCUT2D eigenvalue weighted by atomic mass is 32.2. The van der Waals surface area contributed by atoms with Crippen molar-refractivity contribution in [3.05, 3.63) is 129 Å². The number of carbonyl (C=O) groups excluding carboxylic acids is 1. The molecule has 4 aromatic rings. The number of nitro benzene ring substituents is 1. The lowest BCUT2D eigenvalue weighted by molar-refractivity contribution is -0.385. The topological polar surface area (TPSA) is 76.3 Å². The standard InChI is InChI=1S/C28H24FN3O3S/c1-20-5-12-26(13-6-20)36-27-14-11-25(32(34)35)18-22(27)19-31(17-15-24-4-2-3-16-30-24)28(33)21-7-9-23(29)10-8-21/h2-14,16,18H,15,17,19H2,1H3. The lowest BCUT2D eigenvalue weighted by Gasteiger charge is -2.24. The molecule has 0 aliphatic heterocycles. The van der Waals surface area contributed by atoms with E-state index in [0.29, 0.717) is 24.1 Å². The fourth-order valence-corrected chi connectivity index (χ4v) is 4.58. The summed E-state index contributed by atoms with van der Waals surface area (Å²) in [5.41, 5.74) is 2.91. The van der Waals surface area contributed by atoms with Crippen molar-refractivity contribution in [1.82, 2.24) is 9.88 Å². The van der Waals surface area contributed by atoms with Crippen molar-refractivity contribution in [2.75, 3.05) is 6.54 Å². The number of aryl methyl sites for hydroxylation is 1. The summed E-state index contributed by atoms with van der Waals surface area (Å²) in [5, 5.41) is 11.5. The Morgan fingerprint density at radius 2 is 1.78 bits per heavy atom. The zero-order valence-electron chi connectivity index (χ0n) is 19.6. The number of amides is 1. The van der Waals surface area contributed by atoms with Gasteiger partial charge in [0.1, 0.15) is 5.82 Å². The van der Waals surface area contributed by atoms with Gasteiger partial charge in [0, 0.05) is 58.9 Å². The lowest BCUT2D eigenvalue weighted by Crippen LogP contribution is -2.33. The van der Waals surface area contributed by atoms with Gasteiger partial charge in [0.2, 0.25) is 0 Å². The van der Waals surface area contributed by atoms with E-state index in [1.165, 1.54) is 48.2 Å². The number of aromatic nitrogens is 1. The lowest BCUT2D eigenvalue weighted by atomic mass is 10.1. The maximum Gasteiger partial charge on any atom is 0.269 e. The van der Waals surface area contributed by atoms with Gasteiger partial charge in [-0.05, 0) is 67.1 Å². The molecule has 0 saturated carbocycles. The molecule has 6 nitrogen and oxygen atoms in total. The van der Waals surface area contributed by atoms with Gasteiger partial charge in [-0.3, -0.25) is 19.9 Å². The number of nitro groups is 1. The third kappa shape index (κ3) is 6.55. The maximum absolute atomic E-state index is 13.5. The predicted molar refractivity (Wildman–Crippen MR) is 137 cm³/mol. The Labute approximate surface area is 213 Å². The van der Waals surface area contributed by atoms with Gasteiger partial charge in [0.15, 0.2) is 0 Å². The molecule has 182 valence electrons. The molecule has 0 bridgehead atoms. The fraction of sp³-hybridized carbons (Fsp3) is 0.143. The van der Waals surface area contributed by atoms with Crippen molar-refractivity contribution in [1.29, 1.82) is 0 Å². The van der Waals surface area contributed by atoms with Crippen molar-refractivity contribution < 1.29 is 14.1 Å². The van der Waals surface area contributed by atoms with Gasteiger partial charge in [-0.1, -0.05) is 35.5 Å². The first-order valence-electron chi connectivity index (χ1n) is 11.4. The summed E-state index contributed by atoms with van der Waals surface area (Å²) in [7, 11) is 0. The molecule has 0 saturated heterocycles. The van der Waals surface area contributed by atoms with E-state index >= 15 is 0 Å². The largest absolute Gasteiger partial charge is 0.334 e. The van der Waals surface area contributed by atoms with E-state index in [0.717, 1.165) is 21.0 Å². The van der Waals surface area contributed by atoms with Gasteiger partial charge in [-0.2, -0.15) is 0 Å². The number of rotatable bonds is 9. The minimum atomic E-state index is -0.441. The van der Waals surface area contributed by atoms with Crippen LogP contribution in [0.5, 0.6) is 0 Å². The van der Waals surface area contributed by atoms with Crippen LogP contribution in [-0.4, -0.2) is 27.3 Å². The van der Waals surface area contributed by atoms with Crippen molar-refractivity contribution in [2.24, 2.45) is 0 Å². The molecule has 4 rings (SSSR count). The Kier molecular flexibility index (Phi) is 8.07. The van der Waals surface area contributed by atoms with Crippen LogP contribution in [0.25, 0.3) is 0 Å². The fourth-order valence-electron chi connectivity index (χ4n) is 3.66. The van der Waals surface area contributed by atoms with Crippen molar-refractivity contribution in [2.45, 2.75) is 29.7 Å². The van der Waals surface area contributed by atoms with Crippen LogP contribution in [0, 0.1) is 22.9 Å². The number of hydrogen-bond acceptors (Lipinski definition) is 5. The summed E-state index contributed by atoms with van der Waals surface area (Å²) in [4.78, 5) is 32.3. The molecule has 0 spiro atoms. The first-order valence-corrected chi connectivity index (χ1v) is 12.2. The molecule has 36 heavy (non-hydrogen) atoms. The quantitative estimate of drug-likeness (QED) is 0.194. The van der Waals surface area contributed by atoms with E-state index in [1.54, 1.807) is 17.2 Å². The number of benzene rings is 3. The Morgan fingerprint density at radius 1 is 1.03 bits per heavy atom. The van der Waals surface area contributed by atoms with E-state index in [4.69, 9.17) is 0 Å². The summed E-state index contributed by atoms with van der Waals surface area (Å²) in [5.74, 6) is -0.717. The van der Waals surface area contributed by atoms with Crippen LogP contribution in [0.3, 0.4) is 0 Å². The first-order chi connectivity index (χ1) is 17.4.